The molecule has 0 aromatic rings. The van der Waals surface area contributed by atoms with Gasteiger partial charge in [0.15, 0.2) is 0 Å². The quantitative estimate of drug-likeness (QED) is 0.263. The summed E-state index contributed by atoms with van der Waals surface area (Å²) in [5.74, 6) is 1.91. The fourth-order valence-electron chi connectivity index (χ4n) is 9.88. The van der Waals surface area contributed by atoms with Crippen molar-refractivity contribution in [2.75, 3.05) is 0 Å². The minimum atomic E-state index is 0.527. The molecule has 1 heteroatoms. The Morgan fingerprint density at radius 2 is 0.727 bits per heavy atom. The lowest BCUT2D eigenvalue weighted by Gasteiger charge is -2.45. The average molecular weight is 614 g/mol. The first-order chi connectivity index (χ1) is 21.3. The second kappa shape index (κ2) is 21.0. The van der Waals surface area contributed by atoms with Gasteiger partial charge in [-0.25, -0.2) is 0 Å². The molecular formula is C43H83N. The first kappa shape index (κ1) is 38.4. The van der Waals surface area contributed by atoms with Crippen LogP contribution in [-0.2, 0) is 0 Å². The highest BCUT2D eigenvalue weighted by atomic mass is 15.2. The number of hydrogen-bond acceptors (Lipinski definition) is 1. The highest BCUT2D eigenvalue weighted by Crippen LogP contribution is 2.40. The van der Waals surface area contributed by atoms with Crippen molar-refractivity contribution in [1.29, 1.82) is 0 Å². The zero-order chi connectivity index (χ0) is 31.7. The first-order valence-electron chi connectivity index (χ1n) is 21.0. The molecular weight excluding hydrogens is 530 g/mol. The lowest BCUT2D eigenvalue weighted by Crippen LogP contribution is -2.50. The van der Waals surface area contributed by atoms with Gasteiger partial charge in [-0.15, -0.1) is 0 Å². The third-order valence-electron chi connectivity index (χ3n) is 13.6. The Kier molecular flexibility index (Phi) is 18.4. The molecule has 0 aliphatic heterocycles. The standard InChI is InChI=1S/C43H83N/c1-7-42(3,4)36-37-26-16-15-19-32-40(33-23-20-27-37)44(39-30-17-13-11-9-10-12-14-18-31-39)41-34-24-21-28-38(29-22-25-35-41)43(5,6)8-2/h37-41H,7-36H2,1-6H3. The molecule has 2 atom stereocenters. The second-order valence-corrected chi connectivity index (χ2v) is 17.9. The summed E-state index contributed by atoms with van der Waals surface area (Å²) in [6.45, 7) is 15.0. The van der Waals surface area contributed by atoms with Crippen LogP contribution < -0.4 is 0 Å². The predicted molar refractivity (Wildman–Crippen MR) is 198 cm³/mol. The van der Waals surface area contributed by atoms with Gasteiger partial charge in [0.2, 0.25) is 0 Å². The Morgan fingerprint density at radius 1 is 0.409 bits per heavy atom. The van der Waals surface area contributed by atoms with Gasteiger partial charge in [0.1, 0.15) is 0 Å². The van der Waals surface area contributed by atoms with Crippen molar-refractivity contribution in [3.8, 4) is 0 Å². The first-order valence-corrected chi connectivity index (χ1v) is 21.0. The molecule has 0 saturated heterocycles. The molecule has 0 heterocycles. The smallest absolute Gasteiger partial charge is 0.0101 e. The molecule has 3 aliphatic rings. The lowest BCUT2D eigenvalue weighted by atomic mass is 9.71. The van der Waals surface area contributed by atoms with Crippen molar-refractivity contribution in [3.05, 3.63) is 0 Å². The molecule has 0 bridgehead atoms. The topological polar surface area (TPSA) is 3.24 Å². The molecule has 3 saturated carbocycles. The van der Waals surface area contributed by atoms with E-state index < -0.39 is 0 Å². The molecule has 260 valence electrons. The highest BCUT2D eigenvalue weighted by Gasteiger charge is 2.33. The van der Waals surface area contributed by atoms with Gasteiger partial charge < -0.3 is 0 Å². The average Bonchev–Trinajstić information content (AvgIpc) is 3.10. The van der Waals surface area contributed by atoms with E-state index in [0.717, 1.165) is 30.0 Å². The van der Waals surface area contributed by atoms with Crippen molar-refractivity contribution in [3.63, 3.8) is 0 Å². The van der Waals surface area contributed by atoms with E-state index in [-0.39, 0.29) is 0 Å². The summed E-state index contributed by atoms with van der Waals surface area (Å²) in [4.78, 5) is 3.32. The predicted octanol–water partition coefficient (Wildman–Crippen LogP) is 14.5. The van der Waals surface area contributed by atoms with Crippen molar-refractivity contribution in [1.82, 2.24) is 4.90 Å². The molecule has 3 rings (SSSR count). The minimum Gasteiger partial charge on any atom is -0.294 e. The summed E-state index contributed by atoms with van der Waals surface area (Å²) in [6.07, 6.45) is 44.3. The lowest BCUT2D eigenvalue weighted by molar-refractivity contribution is 0.0386. The third-order valence-corrected chi connectivity index (χ3v) is 13.6. The van der Waals surface area contributed by atoms with Crippen molar-refractivity contribution >= 4 is 0 Å². The van der Waals surface area contributed by atoms with Crippen LogP contribution in [0.25, 0.3) is 0 Å². The van der Waals surface area contributed by atoms with E-state index in [1.54, 1.807) is 0 Å². The monoisotopic (exact) mass is 614 g/mol. The number of hydrogen-bond donors (Lipinski definition) is 0. The van der Waals surface area contributed by atoms with E-state index in [0.29, 0.717) is 10.8 Å². The van der Waals surface area contributed by atoms with Crippen molar-refractivity contribution in [2.45, 2.75) is 252 Å². The molecule has 0 aromatic heterocycles. The number of nitrogens with zero attached hydrogens (tertiary/aromatic N) is 1. The molecule has 0 spiro atoms. The molecule has 3 fully saturated rings. The largest absolute Gasteiger partial charge is 0.294 e. The van der Waals surface area contributed by atoms with Gasteiger partial charge in [-0.05, 0) is 80.5 Å². The zero-order valence-corrected chi connectivity index (χ0v) is 31.5. The molecule has 2 unspecified atom stereocenters. The van der Waals surface area contributed by atoms with Crippen molar-refractivity contribution < 1.29 is 0 Å². The van der Waals surface area contributed by atoms with Crippen LogP contribution in [0, 0.1) is 22.7 Å². The van der Waals surface area contributed by atoms with Crippen LogP contribution in [-0.4, -0.2) is 23.0 Å². The highest BCUT2D eigenvalue weighted by molar-refractivity contribution is 4.88. The summed E-state index contributed by atoms with van der Waals surface area (Å²) in [6, 6.07) is 2.57. The van der Waals surface area contributed by atoms with Gasteiger partial charge in [0.25, 0.3) is 0 Å². The van der Waals surface area contributed by atoms with E-state index in [1.807, 2.05) is 0 Å². The van der Waals surface area contributed by atoms with Crippen LogP contribution in [0.2, 0.25) is 0 Å². The van der Waals surface area contributed by atoms with Gasteiger partial charge in [-0.2, -0.15) is 0 Å². The van der Waals surface area contributed by atoms with Crippen LogP contribution in [0.4, 0.5) is 0 Å². The van der Waals surface area contributed by atoms with Gasteiger partial charge in [-0.1, -0.05) is 176 Å². The second-order valence-electron chi connectivity index (χ2n) is 17.9. The number of rotatable bonds is 8. The van der Waals surface area contributed by atoms with Gasteiger partial charge in [-0.3, -0.25) is 4.90 Å². The maximum absolute atomic E-state index is 3.32. The summed E-state index contributed by atoms with van der Waals surface area (Å²) in [7, 11) is 0. The minimum absolute atomic E-state index is 0.527. The Balaban J connectivity index is 1.76. The molecule has 1 nitrogen and oxygen atoms in total. The molecule has 0 aromatic carbocycles. The van der Waals surface area contributed by atoms with Crippen LogP contribution in [0.1, 0.15) is 234 Å². The molecule has 44 heavy (non-hydrogen) atoms. The Bertz CT molecular complexity index is 684. The Labute approximate surface area is 279 Å². The van der Waals surface area contributed by atoms with E-state index in [1.165, 1.54) is 193 Å². The molecule has 0 amide bonds. The van der Waals surface area contributed by atoms with Crippen molar-refractivity contribution in [2.24, 2.45) is 22.7 Å². The summed E-state index contributed by atoms with van der Waals surface area (Å²) in [5, 5.41) is 0. The van der Waals surface area contributed by atoms with Crippen LogP contribution >= 0.6 is 0 Å². The van der Waals surface area contributed by atoms with Crippen LogP contribution in [0.3, 0.4) is 0 Å². The summed E-state index contributed by atoms with van der Waals surface area (Å²) < 4.78 is 0. The fourth-order valence-corrected chi connectivity index (χ4v) is 9.88. The van der Waals surface area contributed by atoms with Crippen LogP contribution in [0.15, 0.2) is 0 Å². The Hall–Kier alpha value is -0.0400. The van der Waals surface area contributed by atoms with Gasteiger partial charge in [0, 0.05) is 18.1 Å². The van der Waals surface area contributed by atoms with Crippen LogP contribution in [0.5, 0.6) is 0 Å². The third kappa shape index (κ3) is 14.0. The van der Waals surface area contributed by atoms with E-state index in [2.05, 4.69) is 46.4 Å². The molecule has 0 radical (unpaired) electrons. The molecule has 0 N–H and O–H groups in total. The maximum Gasteiger partial charge on any atom is 0.0101 e. The van der Waals surface area contributed by atoms with E-state index >= 15 is 0 Å². The SMILES string of the molecule is CCC(C)(C)CC1CCCCCC(N(C2CCCCCCCCCC2)C2CCCCC(C(C)(C)CC)CCCC2)CCCC1. The Morgan fingerprint density at radius 3 is 1.14 bits per heavy atom. The molecule has 3 aliphatic carbocycles. The zero-order valence-electron chi connectivity index (χ0n) is 31.5. The maximum atomic E-state index is 3.32. The fraction of sp³-hybridized carbons (Fsp3) is 1.00. The van der Waals surface area contributed by atoms with Gasteiger partial charge in [0.05, 0.1) is 0 Å². The van der Waals surface area contributed by atoms with E-state index in [9.17, 15) is 0 Å². The normalized spacial score (nSPS) is 29.8. The van der Waals surface area contributed by atoms with E-state index in [4.69, 9.17) is 0 Å². The summed E-state index contributed by atoms with van der Waals surface area (Å²) in [5.41, 5.74) is 1.06. The summed E-state index contributed by atoms with van der Waals surface area (Å²) >= 11 is 0. The van der Waals surface area contributed by atoms with Gasteiger partial charge >= 0.3 is 0 Å².